The molecule has 0 bridgehead atoms. The zero-order valence-corrected chi connectivity index (χ0v) is 12.0. The van der Waals surface area contributed by atoms with Gasteiger partial charge in [-0.25, -0.2) is 0 Å². The molecule has 0 aliphatic heterocycles. The molecule has 4 N–H and O–H groups in total. The molecule has 0 radical (unpaired) electrons. The van der Waals surface area contributed by atoms with Gasteiger partial charge in [0.1, 0.15) is 5.75 Å². The minimum atomic E-state index is -0.610. The first-order valence-corrected chi connectivity index (χ1v) is 6.95. The fourth-order valence-corrected chi connectivity index (χ4v) is 2.12. The molecule has 2 aromatic carbocycles. The fraction of sp³-hybridized carbons (Fsp3) is 0.235. The lowest BCUT2D eigenvalue weighted by Crippen LogP contribution is -2.42. The van der Waals surface area contributed by atoms with Gasteiger partial charge in [-0.2, -0.15) is 0 Å². The summed E-state index contributed by atoms with van der Waals surface area (Å²) in [5, 5.41) is 12.1. The first kappa shape index (κ1) is 15.1. The normalized spacial score (nSPS) is 13.4. The van der Waals surface area contributed by atoms with Crippen molar-refractivity contribution in [2.24, 2.45) is 5.73 Å². The van der Waals surface area contributed by atoms with E-state index in [1.54, 1.807) is 24.3 Å². The Kier molecular flexibility index (Phi) is 4.95. The average molecular weight is 284 g/mol. The van der Waals surface area contributed by atoms with Crippen LogP contribution in [0.2, 0.25) is 0 Å². The second-order valence-corrected chi connectivity index (χ2v) is 5.12. The molecule has 2 rings (SSSR count). The fourth-order valence-electron chi connectivity index (χ4n) is 2.12. The summed E-state index contributed by atoms with van der Waals surface area (Å²) in [6.45, 7) is 1.93. The van der Waals surface area contributed by atoms with Crippen molar-refractivity contribution in [2.75, 3.05) is 0 Å². The van der Waals surface area contributed by atoms with Crippen molar-refractivity contribution >= 4 is 5.91 Å². The summed E-state index contributed by atoms with van der Waals surface area (Å²) in [6.07, 6.45) is 0.438. The number of aromatic hydroxyl groups is 1. The van der Waals surface area contributed by atoms with Gasteiger partial charge in [0.15, 0.2) is 0 Å². The van der Waals surface area contributed by atoms with E-state index in [0.29, 0.717) is 6.42 Å². The Morgan fingerprint density at radius 1 is 1.14 bits per heavy atom. The van der Waals surface area contributed by atoms with E-state index in [2.05, 4.69) is 5.32 Å². The Morgan fingerprint density at radius 2 is 1.76 bits per heavy atom. The molecule has 0 fully saturated rings. The third-order valence-electron chi connectivity index (χ3n) is 3.39. The van der Waals surface area contributed by atoms with Gasteiger partial charge >= 0.3 is 0 Å². The third-order valence-corrected chi connectivity index (χ3v) is 3.39. The van der Waals surface area contributed by atoms with E-state index in [1.165, 1.54) is 0 Å². The summed E-state index contributed by atoms with van der Waals surface area (Å²) >= 11 is 0. The Hall–Kier alpha value is -2.33. The molecule has 1 amide bonds. The van der Waals surface area contributed by atoms with Gasteiger partial charge in [0, 0.05) is 0 Å². The second-order valence-electron chi connectivity index (χ2n) is 5.12. The highest BCUT2D eigenvalue weighted by Gasteiger charge is 2.16. The van der Waals surface area contributed by atoms with E-state index < -0.39 is 6.04 Å². The summed E-state index contributed by atoms with van der Waals surface area (Å²) in [4.78, 5) is 12.1. The van der Waals surface area contributed by atoms with Gasteiger partial charge in [-0.05, 0) is 36.6 Å². The molecule has 21 heavy (non-hydrogen) atoms. The maximum atomic E-state index is 12.1. The van der Waals surface area contributed by atoms with Crippen LogP contribution in [-0.4, -0.2) is 17.1 Å². The molecular weight excluding hydrogens is 264 g/mol. The van der Waals surface area contributed by atoms with Crippen molar-refractivity contribution in [2.45, 2.75) is 25.4 Å². The largest absolute Gasteiger partial charge is 0.508 e. The standard InChI is InChI=1S/C17H20N2O2/c1-12(14-5-3-2-4-6-14)19-17(21)16(18)11-13-7-9-15(20)10-8-13/h2-10,12,16,20H,11,18H2,1H3,(H,19,21)/t12-,16?/m1/s1. The maximum Gasteiger partial charge on any atom is 0.237 e. The van der Waals surface area contributed by atoms with Crippen LogP contribution >= 0.6 is 0 Å². The van der Waals surface area contributed by atoms with Crippen LogP contribution < -0.4 is 11.1 Å². The summed E-state index contributed by atoms with van der Waals surface area (Å²) in [5.41, 5.74) is 7.90. The number of carbonyl (C=O) groups excluding carboxylic acids is 1. The SMILES string of the molecule is C[C@@H](NC(=O)C(N)Cc1ccc(O)cc1)c1ccccc1. The molecule has 4 nitrogen and oxygen atoms in total. The predicted molar refractivity (Wildman–Crippen MR) is 82.8 cm³/mol. The molecule has 4 heteroatoms. The number of rotatable bonds is 5. The molecule has 0 aliphatic carbocycles. The zero-order valence-electron chi connectivity index (χ0n) is 12.0. The Labute approximate surface area is 124 Å². The molecule has 0 saturated carbocycles. The lowest BCUT2D eigenvalue weighted by atomic mass is 10.0. The molecule has 0 aromatic heterocycles. The molecule has 1 unspecified atom stereocenters. The molecule has 110 valence electrons. The molecular formula is C17H20N2O2. The number of carbonyl (C=O) groups is 1. The van der Waals surface area contributed by atoms with Gasteiger partial charge in [-0.15, -0.1) is 0 Å². The molecule has 0 spiro atoms. The first-order valence-electron chi connectivity index (χ1n) is 6.95. The lowest BCUT2D eigenvalue weighted by molar-refractivity contribution is -0.123. The van der Waals surface area contributed by atoms with Gasteiger partial charge < -0.3 is 16.2 Å². The smallest absolute Gasteiger partial charge is 0.237 e. The zero-order chi connectivity index (χ0) is 15.2. The topological polar surface area (TPSA) is 75.4 Å². The van der Waals surface area contributed by atoms with Crippen LogP contribution in [-0.2, 0) is 11.2 Å². The quantitative estimate of drug-likeness (QED) is 0.787. The van der Waals surface area contributed by atoms with Crippen molar-refractivity contribution in [1.29, 1.82) is 0 Å². The van der Waals surface area contributed by atoms with Gasteiger partial charge in [0.25, 0.3) is 0 Å². The lowest BCUT2D eigenvalue weighted by Gasteiger charge is -2.18. The van der Waals surface area contributed by atoms with Crippen LogP contribution in [0.1, 0.15) is 24.1 Å². The van der Waals surface area contributed by atoms with Crippen LogP contribution in [0, 0.1) is 0 Å². The summed E-state index contributed by atoms with van der Waals surface area (Å²) in [7, 11) is 0. The van der Waals surface area contributed by atoms with E-state index >= 15 is 0 Å². The van der Waals surface area contributed by atoms with E-state index in [9.17, 15) is 9.90 Å². The Morgan fingerprint density at radius 3 is 2.38 bits per heavy atom. The minimum Gasteiger partial charge on any atom is -0.508 e. The van der Waals surface area contributed by atoms with E-state index in [-0.39, 0.29) is 17.7 Å². The number of nitrogens with one attached hydrogen (secondary N) is 1. The number of benzene rings is 2. The highest BCUT2D eigenvalue weighted by molar-refractivity contribution is 5.82. The average Bonchev–Trinajstić information content (AvgIpc) is 2.50. The van der Waals surface area contributed by atoms with Crippen molar-refractivity contribution in [3.8, 4) is 5.75 Å². The molecule has 2 atom stereocenters. The Balaban J connectivity index is 1.92. The number of amides is 1. The number of hydrogen-bond donors (Lipinski definition) is 3. The van der Waals surface area contributed by atoms with Crippen LogP contribution in [0.25, 0.3) is 0 Å². The van der Waals surface area contributed by atoms with E-state index in [1.807, 2.05) is 37.3 Å². The van der Waals surface area contributed by atoms with Crippen molar-refractivity contribution in [1.82, 2.24) is 5.32 Å². The Bertz CT molecular complexity index is 581. The van der Waals surface area contributed by atoms with Crippen LogP contribution in [0.5, 0.6) is 5.75 Å². The van der Waals surface area contributed by atoms with Crippen molar-refractivity contribution < 1.29 is 9.90 Å². The second kappa shape index (κ2) is 6.90. The monoisotopic (exact) mass is 284 g/mol. The van der Waals surface area contributed by atoms with Gasteiger partial charge in [0.2, 0.25) is 5.91 Å². The number of nitrogens with two attached hydrogens (primary N) is 1. The predicted octanol–water partition coefficient (Wildman–Crippen LogP) is 2.14. The maximum absolute atomic E-state index is 12.1. The molecule has 0 aliphatic rings. The van der Waals surface area contributed by atoms with Crippen LogP contribution in [0.3, 0.4) is 0 Å². The van der Waals surface area contributed by atoms with Crippen molar-refractivity contribution in [3.05, 3.63) is 65.7 Å². The highest BCUT2D eigenvalue weighted by Crippen LogP contribution is 2.13. The third kappa shape index (κ3) is 4.33. The van der Waals surface area contributed by atoms with Crippen molar-refractivity contribution in [3.63, 3.8) is 0 Å². The van der Waals surface area contributed by atoms with Crippen LogP contribution in [0.15, 0.2) is 54.6 Å². The highest BCUT2D eigenvalue weighted by atomic mass is 16.3. The van der Waals surface area contributed by atoms with Gasteiger partial charge in [0.05, 0.1) is 12.1 Å². The molecule has 2 aromatic rings. The summed E-state index contributed by atoms with van der Waals surface area (Å²) in [6, 6.07) is 15.8. The number of phenols is 1. The molecule has 0 saturated heterocycles. The first-order chi connectivity index (χ1) is 10.1. The van der Waals surface area contributed by atoms with E-state index in [0.717, 1.165) is 11.1 Å². The summed E-state index contributed by atoms with van der Waals surface area (Å²) < 4.78 is 0. The van der Waals surface area contributed by atoms with Gasteiger partial charge in [-0.1, -0.05) is 42.5 Å². The number of phenolic OH excluding ortho intramolecular Hbond substituents is 1. The van der Waals surface area contributed by atoms with Crippen LogP contribution in [0.4, 0.5) is 0 Å². The summed E-state index contributed by atoms with van der Waals surface area (Å²) in [5.74, 6) is 0.0221. The van der Waals surface area contributed by atoms with E-state index in [4.69, 9.17) is 5.73 Å². The van der Waals surface area contributed by atoms with Gasteiger partial charge in [-0.3, -0.25) is 4.79 Å². The number of hydrogen-bond acceptors (Lipinski definition) is 3. The molecule has 0 heterocycles. The minimum absolute atomic E-state index is 0.0791.